The molecule has 0 atom stereocenters. The van der Waals surface area contributed by atoms with E-state index in [1.165, 1.54) is 0 Å². The first-order valence-electron chi connectivity index (χ1n) is 8.02. The summed E-state index contributed by atoms with van der Waals surface area (Å²) >= 11 is 5.90. The zero-order valence-corrected chi connectivity index (χ0v) is 13.9. The Bertz CT molecular complexity index is 710. The summed E-state index contributed by atoms with van der Waals surface area (Å²) < 4.78 is 12.9. The predicted molar refractivity (Wildman–Crippen MR) is 89.2 cm³/mol. The maximum Gasteiger partial charge on any atom is 0.172 e. The fraction of sp³-hybridized carbons (Fsp3) is 0.533. The second-order valence-electron chi connectivity index (χ2n) is 6.02. The zero-order chi connectivity index (χ0) is 16.5. The molecule has 2 fully saturated rings. The van der Waals surface area contributed by atoms with Crippen LogP contribution in [0.25, 0.3) is 5.69 Å². The van der Waals surface area contributed by atoms with Crippen molar-refractivity contribution in [3.8, 4) is 5.69 Å². The third kappa shape index (κ3) is 3.04. The highest BCUT2D eigenvalue weighted by Crippen LogP contribution is 2.29. The maximum absolute atomic E-state index is 5.90. The Morgan fingerprint density at radius 3 is 2.67 bits per heavy atom. The molecular weight excluding hydrogens is 332 g/mol. The normalized spacial score (nSPS) is 20.0. The quantitative estimate of drug-likeness (QED) is 0.896. The summed E-state index contributed by atoms with van der Waals surface area (Å²) in [6.07, 6.45) is 5.82. The summed E-state index contributed by atoms with van der Waals surface area (Å²) in [6.45, 7) is 3.32. The van der Waals surface area contributed by atoms with Crippen LogP contribution >= 0.6 is 11.6 Å². The Labute approximate surface area is 144 Å². The number of aromatic nitrogens is 4. The summed E-state index contributed by atoms with van der Waals surface area (Å²) in [6, 6.07) is 1.65. The van der Waals surface area contributed by atoms with Gasteiger partial charge in [0.25, 0.3) is 0 Å². The van der Waals surface area contributed by atoms with Gasteiger partial charge < -0.3 is 20.1 Å². The largest absolute Gasteiger partial charge is 0.380 e. The van der Waals surface area contributed by atoms with Gasteiger partial charge in [0.2, 0.25) is 0 Å². The molecule has 128 valence electrons. The average molecular weight is 351 g/mol. The maximum atomic E-state index is 5.90. The van der Waals surface area contributed by atoms with Gasteiger partial charge in [-0.15, -0.1) is 10.2 Å². The van der Waals surface area contributed by atoms with E-state index < -0.39 is 0 Å². The number of ether oxygens (including phenoxy) is 2. The number of rotatable bonds is 3. The van der Waals surface area contributed by atoms with Crippen LogP contribution < -0.4 is 10.6 Å². The fourth-order valence-corrected chi connectivity index (χ4v) is 3.38. The molecule has 2 N–H and O–H groups in total. The molecule has 0 amide bonds. The molecule has 2 aromatic heterocycles. The molecule has 0 unspecified atom stereocenters. The first kappa shape index (κ1) is 15.6. The molecule has 4 rings (SSSR count). The summed E-state index contributed by atoms with van der Waals surface area (Å²) in [4.78, 5) is 2.31. The molecule has 2 saturated heterocycles. The van der Waals surface area contributed by atoms with Gasteiger partial charge in [0.1, 0.15) is 5.69 Å². The number of anilines is 2. The third-order valence-corrected chi connectivity index (χ3v) is 4.71. The number of piperidine rings is 1. The van der Waals surface area contributed by atoms with E-state index in [0.29, 0.717) is 30.6 Å². The van der Waals surface area contributed by atoms with Crippen molar-refractivity contribution >= 4 is 23.1 Å². The van der Waals surface area contributed by atoms with E-state index in [9.17, 15) is 0 Å². The van der Waals surface area contributed by atoms with E-state index in [2.05, 4.69) is 20.2 Å². The highest BCUT2D eigenvalue weighted by Gasteiger charge is 2.30. The van der Waals surface area contributed by atoms with Crippen LogP contribution in [0.15, 0.2) is 18.5 Å². The molecule has 2 aliphatic rings. The number of nitrogen functional groups attached to an aromatic ring is 1. The van der Waals surface area contributed by atoms with Crippen LogP contribution in [0.1, 0.15) is 12.8 Å². The molecule has 8 nitrogen and oxygen atoms in total. The lowest BCUT2D eigenvalue weighted by molar-refractivity contribution is -0.0889. The Morgan fingerprint density at radius 2 is 1.92 bits per heavy atom. The van der Waals surface area contributed by atoms with Crippen molar-refractivity contribution in [3.05, 3.63) is 23.6 Å². The van der Waals surface area contributed by atoms with Gasteiger partial charge >= 0.3 is 0 Å². The molecule has 0 bridgehead atoms. The van der Waals surface area contributed by atoms with Gasteiger partial charge in [-0.05, 0) is 12.8 Å². The van der Waals surface area contributed by atoms with E-state index in [0.717, 1.165) is 31.6 Å². The molecule has 0 saturated carbocycles. The second-order valence-corrected chi connectivity index (χ2v) is 6.40. The van der Waals surface area contributed by atoms with Crippen molar-refractivity contribution in [2.24, 2.45) is 5.92 Å². The first-order valence-corrected chi connectivity index (χ1v) is 8.40. The topological polar surface area (TPSA) is 91.3 Å². The van der Waals surface area contributed by atoms with Crippen molar-refractivity contribution in [3.63, 3.8) is 0 Å². The lowest BCUT2D eigenvalue weighted by atomic mass is 9.96. The molecule has 9 heteroatoms. The van der Waals surface area contributed by atoms with Crippen LogP contribution in [0.5, 0.6) is 0 Å². The summed E-state index contributed by atoms with van der Waals surface area (Å²) in [5.74, 6) is 0.765. The summed E-state index contributed by atoms with van der Waals surface area (Å²) in [5, 5.41) is 12.2. The van der Waals surface area contributed by atoms with E-state index >= 15 is 0 Å². The minimum atomic E-state index is -0.0280. The van der Waals surface area contributed by atoms with Crippen molar-refractivity contribution < 1.29 is 9.47 Å². The van der Waals surface area contributed by atoms with Crippen LogP contribution in [0.4, 0.5) is 11.5 Å². The Morgan fingerprint density at radius 1 is 1.17 bits per heavy atom. The summed E-state index contributed by atoms with van der Waals surface area (Å²) in [7, 11) is 0. The van der Waals surface area contributed by atoms with Gasteiger partial charge in [0.05, 0.1) is 31.3 Å². The van der Waals surface area contributed by atoms with Crippen molar-refractivity contribution in [1.29, 1.82) is 0 Å². The predicted octanol–water partition coefficient (Wildman–Crippen LogP) is 1.49. The van der Waals surface area contributed by atoms with Crippen LogP contribution in [-0.4, -0.2) is 52.6 Å². The molecule has 4 heterocycles. The molecule has 24 heavy (non-hydrogen) atoms. The number of halogens is 1. The van der Waals surface area contributed by atoms with Gasteiger partial charge in [0, 0.05) is 25.1 Å². The molecule has 2 aromatic rings. The highest BCUT2D eigenvalue weighted by molar-refractivity contribution is 6.29. The van der Waals surface area contributed by atoms with Gasteiger partial charge in [-0.25, -0.2) is 4.68 Å². The minimum Gasteiger partial charge on any atom is -0.380 e. The lowest BCUT2D eigenvalue weighted by Crippen LogP contribution is -2.38. The van der Waals surface area contributed by atoms with E-state index in [4.69, 9.17) is 26.8 Å². The van der Waals surface area contributed by atoms with Crippen LogP contribution in [0.2, 0.25) is 5.15 Å². The molecule has 0 spiro atoms. The molecular formula is C15H19ClN6O2. The first-order chi connectivity index (χ1) is 11.7. The smallest absolute Gasteiger partial charge is 0.172 e. The molecule has 0 aliphatic carbocycles. The summed E-state index contributed by atoms with van der Waals surface area (Å²) in [5.41, 5.74) is 7.54. The van der Waals surface area contributed by atoms with Crippen molar-refractivity contribution in [2.45, 2.75) is 19.1 Å². The lowest BCUT2D eigenvalue weighted by Gasteiger charge is -2.34. The average Bonchev–Trinajstić information content (AvgIpc) is 3.29. The van der Waals surface area contributed by atoms with Gasteiger partial charge in [-0.1, -0.05) is 11.6 Å². The SMILES string of the molecule is Nc1nnc(Cl)cc1-n1cc(N2CCC(C3OCCO3)CC2)cn1. The standard InChI is InChI=1S/C15H19ClN6O2/c16-13-7-12(14(17)20-19-13)22-9-11(8-18-22)21-3-1-10(2-4-21)15-23-5-6-24-15/h7-10,15H,1-6H2,(H2,17,20). The van der Waals surface area contributed by atoms with Gasteiger partial charge in [-0.2, -0.15) is 5.10 Å². The Kier molecular flexibility index (Phi) is 4.26. The zero-order valence-electron chi connectivity index (χ0n) is 13.1. The number of nitrogens with zero attached hydrogens (tertiary/aromatic N) is 5. The van der Waals surface area contributed by atoms with Crippen molar-refractivity contribution in [2.75, 3.05) is 36.9 Å². The van der Waals surface area contributed by atoms with E-state index in [1.54, 1.807) is 10.7 Å². The minimum absolute atomic E-state index is 0.0280. The number of hydrogen-bond acceptors (Lipinski definition) is 7. The molecule has 0 aromatic carbocycles. The molecule has 2 aliphatic heterocycles. The van der Waals surface area contributed by atoms with Crippen molar-refractivity contribution in [1.82, 2.24) is 20.0 Å². The Hall–Kier alpha value is -1.90. The van der Waals surface area contributed by atoms with Gasteiger partial charge in [-0.3, -0.25) is 0 Å². The monoisotopic (exact) mass is 350 g/mol. The van der Waals surface area contributed by atoms with Crippen LogP contribution in [0.3, 0.4) is 0 Å². The van der Waals surface area contributed by atoms with E-state index in [1.807, 2.05) is 12.4 Å². The molecule has 0 radical (unpaired) electrons. The third-order valence-electron chi connectivity index (χ3n) is 4.52. The van der Waals surface area contributed by atoms with E-state index in [-0.39, 0.29) is 11.4 Å². The second kappa shape index (κ2) is 6.54. The fourth-order valence-electron chi connectivity index (χ4n) is 3.24. The number of nitrogens with two attached hydrogens (primary N) is 1. The van der Waals surface area contributed by atoms with Crippen LogP contribution in [-0.2, 0) is 9.47 Å². The van der Waals surface area contributed by atoms with Gasteiger partial charge in [0.15, 0.2) is 17.3 Å². The number of hydrogen-bond donors (Lipinski definition) is 1. The highest BCUT2D eigenvalue weighted by atomic mass is 35.5. The Balaban J connectivity index is 1.45. The van der Waals surface area contributed by atoms with Crippen LogP contribution in [0, 0.1) is 5.92 Å².